The van der Waals surface area contributed by atoms with Gasteiger partial charge in [-0.3, -0.25) is 0 Å². The van der Waals surface area contributed by atoms with Crippen LogP contribution >= 0.6 is 22.7 Å². The maximum atomic E-state index is 5.21. The zero-order chi connectivity index (χ0) is 31.9. The minimum atomic E-state index is 0.861. The zero-order valence-electron chi connectivity index (χ0n) is 25.6. The largest absolute Gasteiger partial charge is 0.246 e. The van der Waals surface area contributed by atoms with Crippen LogP contribution in [0.15, 0.2) is 155 Å². The summed E-state index contributed by atoms with van der Waals surface area (Å²) < 4.78 is 0. The fourth-order valence-corrected chi connectivity index (χ4v) is 7.62. The van der Waals surface area contributed by atoms with Crippen molar-refractivity contribution in [3.8, 4) is 67.5 Å². The molecule has 4 aromatic heterocycles. The number of aromatic nitrogens is 4. The van der Waals surface area contributed by atoms with E-state index < -0.39 is 0 Å². The number of rotatable bonds is 6. The fourth-order valence-electron chi connectivity index (χ4n) is 6.53. The van der Waals surface area contributed by atoms with Gasteiger partial charge in [0.15, 0.2) is 0 Å². The molecule has 48 heavy (non-hydrogen) atoms. The van der Waals surface area contributed by atoms with E-state index in [4.69, 9.17) is 9.97 Å². The Labute approximate surface area is 285 Å². The van der Waals surface area contributed by atoms with Gasteiger partial charge < -0.3 is 0 Å². The first-order valence-electron chi connectivity index (χ1n) is 15.7. The van der Waals surface area contributed by atoms with E-state index in [2.05, 4.69) is 131 Å². The molecule has 9 aromatic rings. The summed E-state index contributed by atoms with van der Waals surface area (Å²) >= 11 is 3.16. The van der Waals surface area contributed by atoms with Crippen molar-refractivity contribution in [1.29, 1.82) is 0 Å². The maximum absolute atomic E-state index is 5.21. The first kappa shape index (κ1) is 28.4. The van der Waals surface area contributed by atoms with Crippen molar-refractivity contribution in [1.82, 2.24) is 19.9 Å². The highest BCUT2D eigenvalue weighted by Gasteiger charge is 2.20. The first-order valence-corrected chi connectivity index (χ1v) is 17.5. The average Bonchev–Trinajstić information content (AvgIpc) is 3.90. The van der Waals surface area contributed by atoms with Crippen LogP contribution in [0.3, 0.4) is 0 Å². The third-order valence-corrected chi connectivity index (χ3v) is 9.90. The van der Waals surface area contributed by atoms with Crippen molar-refractivity contribution >= 4 is 44.2 Å². The summed E-state index contributed by atoms with van der Waals surface area (Å²) in [7, 11) is 0. The van der Waals surface area contributed by atoms with Crippen LogP contribution in [0, 0.1) is 0 Å². The molecular formula is C42H26N4S2. The number of benzene rings is 5. The van der Waals surface area contributed by atoms with E-state index in [0.29, 0.717) is 0 Å². The van der Waals surface area contributed by atoms with Gasteiger partial charge in [0.2, 0.25) is 0 Å². The molecule has 0 aliphatic heterocycles. The SMILES string of the molecule is c1ccc(-c2cccc(-c3ccc4c(-c5cccc(-c6cscn6)n5)c5ccccc5c(-c5cccc(-c6cscn6)n5)c4c3)c2)cc1. The summed E-state index contributed by atoms with van der Waals surface area (Å²) in [6, 6.07) is 47.2. The molecule has 4 nitrogen and oxygen atoms in total. The molecule has 226 valence electrons. The summed E-state index contributed by atoms with van der Waals surface area (Å²) in [4.78, 5) is 19.5. The number of nitrogens with zero attached hydrogens (tertiary/aromatic N) is 4. The van der Waals surface area contributed by atoms with E-state index in [1.807, 2.05) is 33.9 Å². The van der Waals surface area contributed by atoms with Gasteiger partial charge in [-0.1, -0.05) is 97.1 Å². The second-order valence-electron chi connectivity index (χ2n) is 11.6. The highest BCUT2D eigenvalue weighted by atomic mass is 32.1. The Balaban J connectivity index is 1.33. The van der Waals surface area contributed by atoms with Crippen LogP contribution in [0.25, 0.3) is 89.1 Å². The van der Waals surface area contributed by atoms with Crippen molar-refractivity contribution in [2.24, 2.45) is 0 Å². The van der Waals surface area contributed by atoms with Gasteiger partial charge in [-0.2, -0.15) is 0 Å². The van der Waals surface area contributed by atoms with E-state index in [1.165, 1.54) is 11.1 Å². The summed E-state index contributed by atoms with van der Waals surface area (Å²) in [6.07, 6.45) is 0. The smallest absolute Gasteiger partial charge is 0.0995 e. The van der Waals surface area contributed by atoms with E-state index in [-0.39, 0.29) is 0 Å². The Morgan fingerprint density at radius 2 is 0.812 bits per heavy atom. The third kappa shape index (κ3) is 5.08. The lowest BCUT2D eigenvalue weighted by molar-refractivity contribution is 1.28. The Bertz CT molecular complexity index is 2560. The maximum Gasteiger partial charge on any atom is 0.0995 e. The predicted octanol–water partition coefficient (Wildman–Crippen LogP) is 11.7. The van der Waals surface area contributed by atoms with Crippen LogP contribution in [-0.4, -0.2) is 19.9 Å². The van der Waals surface area contributed by atoms with E-state index in [9.17, 15) is 0 Å². The number of pyridine rings is 2. The van der Waals surface area contributed by atoms with Crippen molar-refractivity contribution in [2.45, 2.75) is 0 Å². The van der Waals surface area contributed by atoms with Crippen molar-refractivity contribution in [3.05, 3.63) is 155 Å². The van der Waals surface area contributed by atoms with Gasteiger partial charge in [-0.25, -0.2) is 19.9 Å². The van der Waals surface area contributed by atoms with Crippen LogP contribution in [0.5, 0.6) is 0 Å². The number of fused-ring (bicyclic) bond motifs is 2. The van der Waals surface area contributed by atoms with Gasteiger partial charge in [0, 0.05) is 21.9 Å². The highest BCUT2D eigenvalue weighted by Crippen LogP contribution is 2.44. The Hall–Kier alpha value is -5.82. The second kappa shape index (κ2) is 12.1. The monoisotopic (exact) mass is 650 g/mol. The molecule has 6 heteroatoms. The molecule has 0 N–H and O–H groups in total. The standard InChI is InChI=1S/C42H26N4S2/c1-2-9-27(10-3-1)28-11-6-12-29(21-28)30-19-20-33-34(22-30)42(38-18-8-16-36(46-38)40-24-48-26-44-40)32-14-5-4-13-31(32)41(33)37-17-7-15-35(45-37)39-23-47-25-43-39/h1-26H. The lowest BCUT2D eigenvalue weighted by Crippen LogP contribution is -1.96. The first-order chi connectivity index (χ1) is 23.8. The molecule has 0 atom stereocenters. The zero-order valence-corrected chi connectivity index (χ0v) is 27.2. The molecule has 9 rings (SSSR count). The summed E-state index contributed by atoms with van der Waals surface area (Å²) in [5.41, 5.74) is 15.9. The lowest BCUT2D eigenvalue weighted by Gasteiger charge is -2.18. The third-order valence-electron chi connectivity index (χ3n) is 8.73. The summed E-state index contributed by atoms with van der Waals surface area (Å²) in [6.45, 7) is 0. The molecule has 0 radical (unpaired) electrons. The number of hydrogen-bond acceptors (Lipinski definition) is 6. The van der Waals surface area contributed by atoms with Crippen LogP contribution in [0.2, 0.25) is 0 Å². The van der Waals surface area contributed by atoms with Gasteiger partial charge in [-0.15, -0.1) is 22.7 Å². The van der Waals surface area contributed by atoms with Crippen molar-refractivity contribution < 1.29 is 0 Å². The van der Waals surface area contributed by atoms with Crippen LogP contribution in [0.4, 0.5) is 0 Å². The topological polar surface area (TPSA) is 51.6 Å². The quantitative estimate of drug-likeness (QED) is 0.168. The number of hydrogen-bond donors (Lipinski definition) is 0. The molecule has 0 fully saturated rings. The van der Waals surface area contributed by atoms with Crippen LogP contribution < -0.4 is 0 Å². The Morgan fingerprint density at radius 1 is 0.333 bits per heavy atom. The molecule has 0 unspecified atom stereocenters. The highest BCUT2D eigenvalue weighted by molar-refractivity contribution is 7.08. The fraction of sp³-hybridized carbons (Fsp3) is 0. The molecule has 5 aromatic carbocycles. The van der Waals surface area contributed by atoms with Crippen LogP contribution in [0.1, 0.15) is 0 Å². The molecule has 0 saturated carbocycles. The molecule has 0 amide bonds. The second-order valence-corrected chi connectivity index (χ2v) is 13.0. The normalized spacial score (nSPS) is 11.3. The Morgan fingerprint density at radius 3 is 1.42 bits per heavy atom. The van der Waals surface area contributed by atoms with Gasteiger partial charge in [-0.05, 0) is 80.2 Å². The minimum absolute atomic E-state index is 0.861. The Kier molecular flexibility index (Phi) is 7.15. The average molecular weight is 651 g/mol. The molecule has 0 bridgehead atoms. The van der Waals surface area contributed by atoms with Crippen LogP contribution in [-0.2, 0) is 0 Å². The van der Waals surface area contributed by atoms with E-state index in [0.717, 1.165) is 78.0 Å². The predicted molar refractivity (Wildman–Crippen MR) is 201 cm³/mol. The molecule has 0 saturated heterocycles. The van der Waals surface area contributed by atoms with E-state index >= 15 is 0 Å². The van der Waals surface area contributed by atoms with Gasteiger partial charge in [0.1, 0.15) is 0 Å². The summed E-state index contributed by atoms with van der Waals surface area (Å²) in [5, 5.41) is 8.58. The van der Waals surface area contributed by atoms with Crippen molar-refractivity contribution in [2.75, 3.05) is 0 Å². The van der Waals surface area contributed by atoms with Crippen molar-refractivity contribution in [3.63, 3.8) is 0 Å². The molecule has 4 heterocycles. The molecule has 0 aliphatic carbocycles. The van der Waals surface area contributed by atoms with E-state index in [1.54, 1.807) is 22.7 Å². The van der Waals surface area contributed by atoms with Gasteiger partial charge in [0.25, 0.3) is 0 Å². The molecule has 0 aliphatic rings. The van der Waals surface area contributed by atoms with Gasteiger partial charge >= 0.3 is 0 Å². The lowest BCUT2D eigenvalue weighted by atomic mass is 9.87. The summed E-state index contributed by atoms with van der Waals surface area (Å²) in [5.74, 6) is 0. The number of thiazole rings is 2. The molecule has 0 spiro atoms. The minimum Gasteiger partial charge on any atom is -0.246 e. The molecular weight excluding hydrogens is 625 g/mol. The van der Waals surface area contributed by atoms with Gasteiger partial charge in [0.05, 0.1) is 45.2 Å².